The fourth-order valence-corrected chi connectivity index (χ4v) is 2.99. The smallest absolute Gasteiger partial charge is 0.267 e. The highest BCUT2D eigenvalue weighted by molar-refractivity contribution is 9.11. The third kappa shape index (κ3) is 3.95. The van der Waals surface area contributed by atoms with Crippen LogP contribution >= 0.6 is 43.2 Å². The Balaban J connectivity index is 2.07. The standard InChI is InChI=1S/C12H9Br2N3OS/c1-7(10-2-3-11(14)19-10)16-17-12(18)8-4-9(13)6-15-5-8/h2-6H,1H3,(H,17,18)/b16-7+. The van der Waals surface area contributed by atoms with Gasteiger partial charge in [-0.25, -0.2) is 5.43 Å². The minimum atomic E-state index is -0.288. The first kappa shape index (κ1) is 14.4. The van der Waals surface area contributed by atoms with Crippen molar-refractivity contribution >= 4 is 54.8 Å². The highest BCUT2D eigenvalue weighted by Crippen LogP contribution is 2.22. The summed E-state index contributed by atoms with van der Waals surface area (Å²) < 4.78 is 1.78. The molecule has 2 aromatic rings. The Hall–Kier alpha value is -1.05. The summed E-state index contributed by atoms with van der Waals surface area (Å²) in [6, 6.07) is 5.58. The Bertz CT molecular complexity index is 639. The maximum atomic E-state index is 11.9. The molecule has 2 heterocycles. The van der Waals surface area contributed by atoms with E-state index in [9.17, 15) is 4.79 Å². The lowest BCUT2D eigenvalue weighted by Gasteiger charge is -2.01. The van der Waals surface area contributed by atoms with E-state index in [2.05, 4.69) is 47.4 Å². The maximum Gasteiger partial charge on any atom is 0.272 e. The topological polar surface area (TPSA) is 54.4 Å². The van der Waals surface area contributed by atoms with Crippen LogP contribution in [0.2, 0.25) is 0 Å². The number of nitrogens with one attached hydrogen (secondary N) is 1. The van der Waals surface area contributed by atoms with Gasteiger partial charge in [-0.15, -0.1) is 11.3 Å². The van der Waals surface area contributed by atoms with Crippen LogP contribution in [0.15, 0.2) is 44.0 Å². The number of carbonyl (C=O) groups is 1. The SMILES string of the molecule is C/C(=N\NC(=O)c1cncc(Br)c1)c1ccc(Br)s1. The summed E-state index contributed by atoms with van der Waals surface area (Å²) in [5.74, 6) is -0.288. The number of carbonyl (C=O) groups excluding carboxylic acids is 1. The number of hydrogen-bond donors (Lipinski definition) is 1. The molecule has 1 amide bonds. The highest BCUT2D eigenvalue weighted by Gasteiger charge is 2.06. The van der Waals surface area contributed by atoms with Crippen LogP contribution in [0.25, 0.3) is 0 Å². The van der Waals surface area contributed by atoms with Crippen LogP contribution in [0, 0.1) is 0 Å². The third-order valence-electron chi connectivity index (χ3n) is 2.22. The number of rotatable bonds is 3. The number of aromatic nitrogens is 1. The van der Waals surface area contributed by atoms with Crippen molar-refractivity contribution in [3.05, 3.63) is 49.3 Å². The average molecular weight is 403 g/mol. The zero-order valence-electron chi connectivity index (χ0n) is 9.85. The molecule has 0 aliphatic carbocycles. The van der Waals surface area contributed by atoms with E-state index in [0.717, 1.165) is 18.8 Å². The molecule has 0 spiro atoms. The Morgan fingerprint density at radius 1 is 1.37 bits per heavy atom. The normalized spacial score (nSPS) is 11.4. The van der Waals surface area contributed by atoms with Crippen LogP contribution in [0.5, 0.6) is 0 Å². The van der Waals surface area contributed by atoms with Crippen LogP contribution in [-0.2, 0) is 0 Å². The van der Waals surface area contributed by atoms with Crippen molar-refractivity contribution in [3.8, 4) is 0 Å². The summed E-state index contributed by atoms with van der Waals surface area (Å²) in [6.45, 7) is 1.84. The molecule has 0 atom stereocenters. The van der Waals surface area contributed by atoms with E-state index >= 15 is 0 Å². The largest absolute Gasteiger partial charge is 0.272 e. The van der Waals surface area contributed by atoms with E-state index in [1.807, 2.05) is 19.1 Å². The second-order valence-corrected chi connectivity index (χ2v) is 7.01. The second-order valence-electron chi connectivity index (χ2n) is 3.63. The number of hydrogen-bond acceptors (Lipinski definition) is 4. The van der Waals surface area contributed by atoms with Crippen molar-refractivity contribution in [1.82, 2.24) is 10.4 Å². The van der Waals surface area contributed by atoms with Gasteiger partial charge >= 0.3 is 0 Å². The fraction of sp³-hybridized carbons (Fsp3) is 0.0833. The van der Waals surface area contributed by atoms with Crippen LogP contribution in [-0.4, -0.2) is 16.6 Å². The zero-order chi connectivity index (χ0) is 13.8. The van der Waals surface area contributed by atoms with Crippen LogP contribution in [0.3, 0.4) is 0 Å². The Kier molecular flexibility index (Phi) is 4.84. The monoisotopic (exact) mass is 401 g/mol. The van der Waals surface area contributed by atoms with Gasteiger partial charge in [-0.05, 0) is 57.0 Å². The maximum absolute atomic E-state index is 11.9. The van der Waals surface area contributed by atoms with Crippen molar-refractivity contribution in [2.45, 2.75) is 6.92 Å². The van der Waals surface area contributed by atoms with Crippen molar-refractivity contribution in [1.29, 1.82) is 0 Å². The molecule has 0 saturated carbocycles. The fourth-order valence-electron chi connectivity index (χ4n) is 1.30. The Morgan fingerprint density at radius 3 is 2.79 bits per heavy atom. The summed E-state index contributed by atoms with van der Waals surface area (Å²) in [7, 11) is 0. The van der Waals surface area contributed by atoms with Crippen molar-refractivity contribution < 1.29 is 4.79 Å². The molecule has 2 aromatic heterocycles. The summed E-state index contributed by atoms with van der Waals surface area (Å²) >= 11 is 8.22. The van der Waals surface area contributed by atoms with E-state index in [4.69, 9.17) is 0 Å². The third-order valence-corrected chi connectivity index (χ3v) is 4.39. The number of nitrogens with zero attached hydrogens (tertiary/aromatic N) is 2. The first-order valence-electron chi connectivity index (χ1n) is 5.27. The summed E-state index contributed by atoms with van der Waals surface area (Å²) in [4.78, 5) is 16.8. The molecule has 0 unspecified atom stereocenters. The number of thiophene rings is 1. The van der Waals surface area contributed by atoms with Gasteiger partial charge in [0.05, 0.1) is 19.9 Å². The van der Waals surface area contributed by atoms with Gasteiger partial charge in [0.1, 0.15) is 0 Å². The van der Waals surface area contributed by atoms with Gasteiger partial charge in [-0.1, -0.05) is 0 Å². The molecular weight excluding hydrogens is 394 g/mol. The van der Waals surface area contributed by atoms with Crippen LogP contribution < -0.4 is 5.43 Å². The molecule has 98 valence electrons. The lowest BCUT2D eigenvalue weighted by atomic mass is 10.3. The Labute approximate surface area is 131 Å². The molecule has 19 heavy (non-hydrogen) atoms. The summed E-state index contributed by atoms with van der Waals surface area (Å²) in [5, 5.41) is 4.08. The molecule has 0 bridgehead atoms. The van der Waals surface area contributed by atoms with Gasteiger partial charge in [0.2, 0.25) is 0 Å². The molecule has 0 aliphatic heterocycles. The first-order valence-corrected chi connectivity index (χ1v) is 7.67. The quantitative estimate of drug-likeness (QED) is 0.626. The van der Waals surface area contributed by atoms with Gasteiger partial charge in [0.25, 0.3) is 5.91 Å². The second kappa shape index (κ2) is 6.40. The predicted molar refractivity (Wildman–Crippen MR) is 83.6 cm³/mol. The molecule has 0 aliphatic rings. The van der Waals surface area contributed by atoms with Gasteiger partial charge in [0.15, 0.2) is 0 Å². The lowest BCUT2D eigenvalue weighted by molar-refractivity contribution is 0.0954. The van der Waals surface area contributed by atoms with Crippen molar-refractivity contribution in [2.24, 2.45) is 5.10 Å². The van der Waals surface area contributed by atoms with Crippen LogP contribution in [0.1, 0.15) is 22.2 Å². The Morgan fingerprint density at radius 2 is 2.16 bits per heavy atom. The minimum absolute atomic E-state index is 0.288. The molecule has 1 N–H and O–H groups in total. The molecule has 4 nitrogen and oxygen atoms in total. The van der Waals surface area contributed by atoms with Crippen molar-refractivity contribution in [2.75, 3.05) is 0 Å². The first-order chi connectivity index (χ1) is 9.06. The predicted octanol–water partition coefficient (Wildman–Crippen LogP) is 3.82. The molecule has 2 rings (SSSR count). The van der Waals surface area contributed by atoms with Crippen LogP contribution in [0.4, 0.5) is 0 Å². The molecular formula is C12H9Br2N3OS. The van der Waals surface area contributed by atoms with E-state index in [1.165, 1.54) is 6.20 Å². The average Bonchev–Trinajstić information content (AvgIpc) is 2.82. The van der Waals surface area contributed by atoms with Gasteiger partial charge in [-0.3, -0.25) is 9.78 Å². The molecule has 0 aromatic carbocycles. The summed E-state index contributed by atoms with van der Waals surface area (Å²) in [5.41, 5.74) is 3.73. The minimum Gasteiger partial charge on any atom is -0.267 e. The molecule has 0 radical (unpaired) electrons. The molecule has 0 fully saturated rings. The van der Waals surface area contributed by atoms with E-state index in [0.29, 0.717) is 5.56 Å². The van der Waals surface area contributed by atoms with E-state index in [1.54, 1.807) is 23.6 Å². The van der Waals surface area contributed by atoms with Gasteiger partial charge in [-0.2, -0.15) is 5.10 Å². The number of pyridine rings is 1. The lowest BCUT2D eigenvalue weighted by Crippen LogP contribution is -2.19. The van der Waals surface area contributed by atoms with Gasteiger partial charge in [0, 0.05) is 16.9 Å². The number of halogens is 2. The van der Waals surface area contributed by atoms with Gasteiger partial charge < -0.3 is 0 Å². The van der Waals surface area contributed by atoms with Crippen molar-refractivity contribution in [3.63, 3.8) is 0 Å². The number of amides is 1. The number of hydrazone groups is 1. The zero-order valence-corrected chi connectivity index (χ0v) is 13.8. The molecule has 7 heteroatoms. The molecule has 0 saturated heterocycles. The highest BCUT2D eigenvalue weighted by atomic mass is 79.9. The van der Waals surface area contributed by atoms with E-state index < -0.39 is 0 Å². The van der Waals surface area contributed by atoms with E-state index in [-0.39, 0.29) is 5.91 Å². The summed E-state index contributed by atoms with van der Waals surface area (Å²) in [6.07, 6.45) is 3.11.